The normalized spacial score (nSPS) is 15.6. The van der Waals surface area contributed by atoms with Gasteiger partial charge >= 0.3 is 11.9 Å². The molecule has 148 valence electrons. The van der Waals surface area contributed by atoms with E-state index in [9.17, 15) is 19.2 Å². The quantitative estimate of drug-likeness (QED) is 0.458. The van der Waals surface area contributed by atoms with Crippen LogP contribution < -0.4 is 0 Å². The summed E-state index contributed by atoms with van der Waals surface area (Å²) in [7, 11) is 0. The second kappa shape index (κ2) is 8.64. The SMILES string of the molecule is CC(C)CCOC(=O)CC(C)(C)CC(C)(C)C(=O)ON1C(=O)CCC1=O. The van der Waals surface area contributed by atoms with Crippen LogP contribution >= 0.6 is 0 Å². The first-order valence-electron chi connectivity index (χ1n) is 9.08. The lowest BCUT2D eigenvalue weighted by Gasteiger charge is -2.33. The summed E-state index contributed by atoms with van der Waals surface area (Å²) in [5.41, 5.74) is -1.47. The van der Waals surface area contributed by atoms with Crippen LogP contribution in [-0.4, -0.2) is 35.4 Å². The molecule has 7 heteroatoms. The van der Waals surface area contributed by atoms with E-state index in [0.717, 1.165) is 6.42 Å². The Labute approximate surface area is 155 Å². The van der Waals surface area contributed by atoms with E-state index in [2.05, 4.69) is 13.8 Å². The minimum Gasteiger partial charge on any atom is -0.466 e. The van der Waals surface area contributed by atoms with Crippen molar-refractivity contribution in [3.63, 3.8) is 0 Å². The minimum atomic E-state index is -0.967. The largest absolute Gasteiger partial charge is 0.466 e. The lowest BCUT2D eigenvalue weighted by Crippen LogP contribution is -2.40. The third kappa shape index (κ3) is 6.77. The number of nitrogens with zero attached hydrogens (tertiary/aromatic N) is 1. The van der Waals surface area contributed by atoms with Gasteiger partial charge in [-0.15, -0.1) is 5.06 Å². The Morgan fingerprint density at radius 1 is 1.08 bits per heavy atom. The molecule has 0 bridgehead atoms. The fourth-order valence-corrected chi connectivity index (χ4v) is 3.05. The van der Waals surface area contributed by atoms with Crippen molar-refractivity contribution in [3.05, 3.63) is 0 Å². The van der Waals surface area contributed by atoms with Gasteiger partial charge in [0.25, 0.3) is 11.8 Å². The highest BCUT2D eigenvalue weighted by molar-refractivity contribution is 6.01. The lowest BCUT2D eigenvalue weighted by atomic mass is 9.73. The van der Waals surface area contributed by atoms with Gasteiger partial charge in [0.1, 0.15) is 0 Å². The molecule has 2 amide bonds. The van der Waals surface area contributed by atoms with Crippen molar-refractivity contribution in [2.24, 2.45) is 16.7 Å². The molecule has 1 aliphatic rings. The van der Waals surface area contributed by atoms with Gasteiger partial charge < -0.3 is 9.57 Å². The van der Waals surface area contributed by atoms with E-state index in [1.54, 1.807) is 13.8 Å². The van der Waals surface area contributed by atoms with Gasteiger partial charge in [-0.25, -0.2) is 4.79 Å². The molecule has 0 radical (unpaired) electrons. The molecule has 0 aromatic rings. The molecule has 1 heterocycles. The summed E-state index contributed by atoms with van der Waals surface area (Å²) < 4.78 is 5.25. The Kier molecular flexibility index (Phi) is 7.35. The van der Waals surface area contributed by atoms with Gasteiger partial charge in [0.15, 0.2) is 0 Å². The van der Waals surface area contributed by atoms with Gasteiger partial charge in [-0.1, -0.05) is 27.7 Å². The van der Waals surface area contributed by atoms with Crippen molar-refractivity contribution in [1.82, 2.24) is 5.06 Å². The summed E-state index contributed by atoms with van der Waals surface area (Å²) in [5.74, 6) is -1.52. The van der Waals surface area contributed by atoms with E-state index < -0.39 is 28.6 Å². The van der Waals surface area contributed by atoms with Gasteiger partial charge in [0.05, 0.1) is 18.4 Å². The number of hydrogen-bond donors (Lipinski definition) is 0. The van der Waals surface area contributed by atoms with Crippen molar-refractivity contribution in [2.45, 2.75) is 73.6 Å². The maximum absolute atomic E-state index is 12.4. The van der Waals surface area contributed by atoms with Crippen LogP contribution in [0, 0.1) is 16.7 Å². The number of hydrogen-bond acceptors (Lipinski definition) is 6. The van der Waals surface area contributed by atoms with Crippen LogP contribution in [0.4, 0.5) is 0 Å². The fourth-order valence-electron chi connectivity index (χ4n) is 3.05. The molecular weight excluding hydrogens is 338 g/mol. The number of carbonyl (C=O) groups is 4. The number of ether oxygens (including phenoxy) is 1. The Hall–Kier alpha value is -1.92. The van der Waals surface area contributed by atoms with Gasteiger partial charge in [-0.3, -0.25) is 14.4 Å². The van der Waals surface area contributed by atoms with Crippen LogP contribution in [0.3, 0.4) is 0 Å². The molecule has 7 nitrogen and oxygen atoms in total. The summed E-state index contributed by atoms with van der Waals surface area (Å²) in [6, 6.07) is 0. The summed E-state index contributed by atoms with van der Waals surface area (Å²) in [6.45, 7) is 11.6. The van der Waals surface area contributed by atoms with E-state index in [0.29, 0.717) is 24.0 Å². The molecule has 1 fully saturated rings. The number of carbonyl (C=O) groups excluding carboxylic acids is 4. The van der Waals surface area contributed by atoms with E-state index in [4.69, 9.17) is 9.57 Å². The first-order chi connectivity index (χ1) is 11.8. The highest BCUT2D eigenvalue weighted by Gasteiger charge is 2.41. The van der Waals surface area contributed by atoms with E-state index >= 15 is 0 Å². The number of amides is 2. The van der Waals surface area contributed by atoms with Gasteiger partial charge in [-0.2, -0.15) is 0 Å². The average molecular weight is 369 g/mol. The number of esters is 1. The highest BCUT2D eigenvalue weighted by atomic mass is 16.7. The van der Waals surface area contributed by atoms with E-state index in [1.807, 2.05) is 13.8 Å². The number of hydroxylamine groups is 2. The zero-order valence-electron chi connectivity index (χ0n) is 16.7. The van der Waals surface area contributed by atoms with E-state index in [1.165, 1.54) is 0 Å². The van der Waals surface area contributed by atoms with Gasteiger partial charge in [0, 0.05) is 12.8 Å². The molecule has 0 spiro atoms. The predicted molar refractivity (Wildman–Crippen MR) is 94.4 cm³/mol. The number of imide groups is 1. The summed E-state index contributed by atoms with van der Waals surface area (Å²) in [6.07, 6.45) is 1.43. The zero-order chi connectivity index (χ0) is 20.1. The zero-order valence-corrected chi connectivity index (χ0v) is 16.7. The molecule has 0 aliphatic carbocycles. The molecule has 1 aliphatic heterocycles. The average Bonchev–Trinajstić information content (AvgIpc) is 2.76. The van der Waals surface area contributed by atoms with Crippen molar-refractivity contribution in [3.8, 4) is 0 Å². The van der Waals surface area contributed by atoms with Crippen LogP contribution in [-0.2, 0) is 28.8 Å². The van der Waals surface area contributed by atoms with Crippen molar-refractivity contribution in [1.29, 1.82) is 0 Å². The van der Waals surface area contributed by atoms with Gasteiger partial charge in [-0.05, 0) is 38.0 Å². The second-order valence-electron chi connectivity index (χ2n) is 8.77. The molecule has 0 atom stereocenters. The molecule has 26 heavy (non-hydrogen) atoms. The Balaban J connectivity index is 2.59. The molecule has 1 rings (SSSR count). The maximum atomic E-state index is 12.4. The molecule has 0 aromatic heterocycles. The summed E-state index contributed by atoms with van der Waals surface area (Å²) in [5, 5.41) is 0.553. The third-order valence-electron chi connectivity index (χ3n) is 4.23. The smallest absolute Gasteiger partial charge is 0.338 e. The van der Waals surface area contributed by atoms with Gasteiger partial charge in [0.2, 0.25) is 0 Å². The summed E-state index contributed by atoms with van der Waals surface area (Å²) >= 11 is 0. The molecular formula is C19H31NO6. The fraction of sp³-hybridized carbons (Fsp3) is 0.789. The third-order valence-corrected chi connectivity index (χ3v) is 4.23. The number of rotatable bonds is 9. The highest BCUT2D eigenvalue weighted by Crippen LogP contribution is 2.37. The standard InChI is InChI=1S/C19H31NO6/c1-13(2)9-10-25-16(23)11-18(3,4)12-19(5,6)17(24)26-20-14(21)7-8-15(20)22/h13H,7-12H2,1-6H3. The minimum absolute atomic E-state index is 0.0558. The monoisotopic (exact) mass is 369 g/mol. The van der Waals surface area contributed by atoms with Crippen molar-refractivity contribution >= 4 is 23.8 Å². The lowest BCUT2D eigenvalue weighted by molar-refractivity contribution is -0.205. The molecule has 0 unspecified atom stereocenters. The second-order valence-corrected chi connectivity index (χ2v) is 8.77. The topological polar surface area (TPSA) is 90.0 Å². The van der Waals surface area contributed by atoms with Crippen LogP contribution in [0.2, 0.25) is 0 Å². The van der Waals surface area contributed by atoms with E-state index in [-0.39, 0.29) is 25.2 Å². The van der Waals surface area contributed by atoms with Crippen molar-refractivity contribution in [2.75, 3.05) is 6.61 Å². The Bertz CT molecular complexity index is 548. The van der Waals surface area contributed by atoms with Crippen LogP contribution in [0.1, 0.15) is 73.6 Å². The first-order valence-corrected chi connectivity index (χ1v) is 9.08. The summed E-state index contributed by atoms with van der Waals surface area (Å²) in [4.78, 5) is 52.7. The van der Waals surface area contributed by atoms with Crippen LogP contribution in [0.5, 0.6) is 0 Å². The van der Waals surface area contributed by atoms with Crippen LogP contribution in [0.25, 0.3) is 0 Å². The van der Waals surface area contributed by atoms with Crippen molar-refractivity contribution < 1.29 is 28.8 Å². The molecule has 0 saturated carbocycles. The molecule has 1 saturated heterocycles. The molecule has 0 N–H and O–H groups in total. The Morgan fingerprint density at radius 3 is 2.12 bits per heavy atom. The first kappa shape index (κ1) is 22.1. The van der Waals surface area contributed by atoms with Crippen LogP contribution in [0.15, 0.2) is 0 Å². The maximum Gasteiger partial charge on any atom is 0.338 e. The Morgan fingerprint density at radius 2 is 1.62 bits per heavy atom. The molecule has 0 aromatic carbocycles. The predicted octanol–water partition coefficient (Wildman–Crippen LogP) is 3.02.